The summed E-state index contributed by atoms with van der Waals surface area (Å²) in [6.07, 6.45) is 0. The minimum atomic E-state index is 0.273. The highest BCUT2D eigenvalue weighted by molar-refractivity contribution is 7.97. The van der Waals surface area contributed by atoms with Gasteiger partial charge in [0, 0.05) is 19.8 Å². The molecule has 1 heterocycles. The summed E-state index contributed by atoms with van der Waals surface area (Å²) in [6.45, 7) is 2.10. The zero-order valence-corrected chi connectivity index (χ0v) is 12.8. The number of aromatic nitrogens is 3. The Kier molecular flexibility index (Phi) is 4.79. The molecule has 6 heteroatoms. The Morgan fingerprint density at radius 2 is 1.95 bits per heavy atom. The van der Waals surface area contributed by atoms with E-state index < -0.39 is 0 Å². The molecule has 0 amide bonds. The molecule has 0 spiro atoms. The number of aryl methyl sites for hydroxylation is 1. The molecular formula is C14H19N5S. The first-order chi connectivity index (χ1) is 9.54. The number of nitrogen functional groups attached to an aromatic ring is 1. The maximum Gasteiger partial charge on any atom is 0.229 e. The van der Waals surface area contributed by atoms with Crippen LogP contribution in [-0.2, 0) is 11.5 Å². The van der Waals surface area contributed by atoms with Crippen molar-refractivity contribution in [3.8, 4) is 0 Å². The molecule has 0 fully saturated rings. The zero-order chi connectivity index (χ0) is 14.5. The minimum Gasteiger partial charge on any atom is -0.368 e. The molecule has 0 unspecified atom stereocenters. The third-order valence-electron chi connectivity index (χ3n) is 2.67. The predicted molar refractivity (Wildman–Crippen MR) is 84.7 cm³/mol. The smallest absolute Gasteiger partial charge is 0.229 e. The molecule has 0 radical (unpaired) electrons. The Morgan fingerprint density at radius 1 is 1.15 bits per heavy atom. The topological polar surface area (TPSA) is 67.9 Å². The molecule has 0 aliphatic heterocycles. The minimum absolute atomic E-state index is 0.273. The van der Waals surface area contributed by atoms with Crippen LogP contribution in [0.5, 0.6) is 0 Å². The lowest BCUT2D eigenvalue weighted by Crippen LogP contribution is -2.15. The number of nitrogens with zero attached hydrogens (tertiary/aromatic N) is 4. The standard InChI is InChI=1S/C14H19N5S/c1-10-5-4-6-11(7-10)8-20-9-12-16-13(15)18-14(17-12)19(2)3/h4-7H,8-9H2,1-3H3,(H2,15,16,17,18). The molecule has 106 valence electrons. The molecule has 20 heavy (non-hydrogen) atoms. The van der Waals surface area contributed by atoms with E-state index in [-0.39, 0.29) is 5.95 Å². The fourth-order valence-corrected chi connectivity index (χ4v) is 2.58. The Morgan fingerprint density at radius 3 is 2.65 bits per heavy atom. The molecule has 0 aliphatic rings. The van der Waals surface area contributed by atoms with Gasteiger partial charge in [0.05, 0.1) is 5.75 Å². The van der Waals surface area contributed by atoms with E-state index in [0.717, 1.165) is 17.3 Å². The van der Waals surface area contributed by atoms with Crippen molar-refractivity contribution in [3.63, 3.8) is 0 Å². The molecule has 5 nitrogen and oxygen atoms in total. The van der Waals surface area contributed by atoms with Crippen LogP contribution in [0, 0.1) is 6.92 Å². The predicted octanol–water partition coefficient (Wildman–Crippen LogP) is 2.26. The van der Waals surface area contributed by atoms with E-state index in [2.05, 4.69) is 46.1 Å². The van der Waals surface area contributed by atoms with Crippen molar-refractivity contribution in [2.75, 3.05) is 24.7 Å². The second-order valence-electron chi connectivity index (χ2n) is 4.79. The van der Waals surface area contributed by atoms with Crippen molar-refractivity contribution in [3.05, 3.63) is 41.2 Å². The van der Waals surface area contributed by atoms with Gasteiger partial charge < -0.3 is 10.6 Å². The van der Waals surface area contributed by atoms with Crippen LogP contribution in [0.15, 0.2) is 24.3 Å². The van der Waals surface area contributed by atoms with E-state index in [0.29, 0.717) is 5.95 Å². The molecule has 1 aromatic heterocycles. The van der Waals surface area contributed by atoms with Gasteiger partial charge >= 0.3 is 0 Å². The largest absolute Gasteiger partial charge is 0.368 e. The monoisotopic (exact) mass is 289 g/mol. The van der Waals surface area contributed by atoms with Crippen LogP contribution in [0.2, 0.25) is 0 Å². The zero-order valence-electron chi connectivity index (χ0n) is 12.0. The maximum absolute atomic E-state index is 5.70. The molecule has 1 aromatic carbocycles. The van der Waals surface area contributed by atoms with Gasteiger partial charge in [0.25, 0.3) is 0 Å². The number of rotatable bonds is 5. The van der Waals surface area contributed by atoms with Crippen LogP contribution in [0.4, 0.5) is 11.9 Å². The third kappa shape index (κ3) is 4.09. The number of hydrogen-bond acceptors (Lipinski definition) is 6. The molecule has 0 aliphatic carbocycles. The lowest BCUT2D eigenvalue weighted by atomic mass is 10.2. The van der Waals surface area contributed by atoms with Crippen molar-refractivity contribution in [2.24, 2.45) is 0 Å². The Hall–Kier alpha value is -1.82. The summed E-state index contributed by atoms with van der Waals surface area (Å²) in [6, 6.07) is 8.51. The normalized spacial score (nSPS) is 10.6. The van der Waals surface area contributed by atoms with Gasteiger partial charge in [-0.3, -0.25) is 0 Å². The lowest BCUT2D eigenvalue weighted by Gasteiger charge is -2.11. The molecule has 0 saturated carbocycles. The summed E-state index contributed by atoms with van der Waals surface area (Å²) in [5, 5.41) is 0. The second kappa shape index (κ2) is 6.56. The van der Waals surface area contributed by atoms with Gasteiger partial charge in [-0.1, -0.05) is 29.8 Å². The van der Waals surface area contributed by atoms with Crippen molar-refractivity contribution < 1.29 is 0 Å². The van der Waals surface area contributed by atoms with E-state index in [1.165, 1.54) is 11.1 Å². The first kappa shape index (κ1) is 14.6. The third-order valence-corrected chi connectivity index (χ3v) is 3.67. The van der Waals surface area contributed by atoms with Gasteiger partial charge in [-0.15, -0.1) is 11.8 Å². The van der Waals surface area contributed by atoms with Gasteiger partial charge in [0.15, 0.2) is 0 Å². The fourth-order valence-electron chi connectivity index (χ4n) is 1.75. The average Bonchev–Trinajstić information content (AvgIpc) is 2.38. The number of hydrogen-bond donors (Lipinski definition) is 1. The van der Waals surface area contributed by atoms with Crippen LogP contribution in [0.1, 0.15) is 17.0 Å². The summed E-state index contributed by atoms with van der Waals surface area (Å²) < 4.78 is 0. The van der Waals surface area contributed by atoms with E-state index in [1.54, 1.807) is 11.8 Å². The summed E-state index contributed by atoms with van der Waals surface area (Å²) in [5.41, 5.74) is 8.29. The second-order valence-corrected chi connectivity index (χ2v) is 5.77. The molecule has 0 bridgehead atoms. The van der Waals surface area contributed by atoms with E-state index in [1.807, 2.05) is 19.0 Å². The highest BCUT2D eigenvalue weighted by Crippen LogP contribution is 2.18. The average molecular weight is 289 g/mol. The molecule has 2 rings (SSSR count). The van der Waals surface area contributed by atoms with Crippen LogP contribution < -0.4 is 10.6 Å². The van der Waals surface area contributed by atoms with Crippen LogP contribution in [0.3, 0.4) is 0 Å². The highest BCUT2D eigenvalue weighted by atomic mass is 32.2. The molecule has 0 atom stereocenters. The van der Waals surface area contributed by atoms with Crippen molar-refractivity contribution >= 4 is 23.7 Å². The Balaban J connectivity index is 1.97. The molecular weight excluding hydrogens is 270 g/mol. The Bertz CT molecular complexity index is 586. The summed E-state index contributed by atoms with van der Waals surface area (Å²) in [4.78, 5) is 14.5. The summed E-state index contributed by atoms with van der Waals surface area (Å²) >= 11 is 1.77. The Labute approximate surface area is 123 Å². The summed E-state index contributed by atoms with van der Waals surface area (Å²) in [5.74, 6) is 3.25. The van der Waals surface area contributed by atoms with Gasteiger partial charge in [-0.25, -0.2) is 0 Å². The first-order valence-corrected chi connectivity index (χ1v) is 7.51. The molecule has 2 aromatic rings. The fraction of sp³-hybridized carbons (Fsp3) is 0.357. The van der Waals surface area contributed by atoms with Gasteiger partial charge in [-0.05, 0) is 12.5 Å². The van der Waals surface area contributed by atoms with Gasteiger partial charge in [0.2, 0.25) is 11.9 Å². The lowest BCUT2D eigenvalue weighted by molar-refractivity contribution is 0.919. The van der Waals surface area contributed by atoms with Gasteiger partial charge in [0.1, 0.15) is 5.82 Å². The van der Waals surface area contributed by atoms with Crippen LogP contribution in [-0.4, -0.2) is 29.0 Å². The number of nitrogens with two attached hydrogens (primary N) is 1. The van der Waals surface area contributed by atoms with Crippen LogP contribution in [0.25, 0.3) is 0 Å². The highest BCUT2D eigenvalue weighted by Gasteiger charge is 2.06. The van der Waals surface area contributed by atoms with Crippen molar-refractivity contribution in [2.45, 2.75) is 18.4 Å². The first-order valence-electron chi connectivity index (χ1n) is 6.35. The SMILES string of the molecule is Cc1cccc(CSCc2nc(N)nc(N(C)C)n2)c1. The molecule has 0 saturated heterocycles. The van der Waals surface area contributed by atoms with Gasteiger partial charge in [-0.2, -0.15) is 15.0 Å². The quantitative estimate of drug-likeness (QED) is 0.910. The molecule has 2 N–H and O–H groups in total. The number of anilines is 2. The summed E-state index contributed by atoms with van der Waals surface area (Å²) in [7, 11) is 3.77. The van der Waals surface area contributed by atoms with E-state index >= 15 is 0 Å². The number of benzene rings is 1. The van der Waals surface area contributed by atoms with Crippen LogP contribution >= 0.6 is 11.8 Å². The number of thioether (sulfide) groups is 1. The van der Waals surface area contributed by atoms with Crippen molar-refractivity contribution in [1.29, 1.82) is 0 Å². The van der Waals surface area contributed by atoms with Crippen molar-refractivity contribution in [1.82, 2.24) is 15.0 Å². The van der Waals surface area contributed by atoms with E-state index in [9.17, 15) is 0 Å². The van der Waals surface area contributed by atoms with E-state index in [4.69, 9.17) is 5.73 Å². The maximum atomic E-state index is 5.70.